The number of hydrogen-bond donors (Lipinski definition) is 3. The van der Waals surface area contributed by atoms with Gasteiger partial charge in [0, 0.05) is 32.4 Å². The molecule has 0 radical (unpaired) electrons. The third-order valence-corrected chi connectivity index (χ3v) is 4.44. The second-order valence-electron chi connectivity index (χ2n) is 7.95. The number of benzene rings is 1. The third-order valence-electron chi connectivity index (χ3n) is 4.44. The first-order valence-corrected chi connectivity index (χ1v) is 8.50. The molecule has 7 nitrogen and oxygen atoms in total. The average Bonchev–Trinajstić information content (AvgIpc) is 2.43. The number of nitrogens with two attached hydrogens (primary N) is 1. The van der Waals surface area contributed by atoms with Crippen LogP contribution in [0.25, 0.3) is 0 Å². The summed E-state index contributed by atoms with van der Waals surface area (Å²) in [6.07, 6.45) is -0.261. The van der Waals surface area contributed by atoms with Crippen LogP contribution in [0.15, 0.2) is 24.3 Å². The van der Waals surface area contributed by atoms with Crippen LogP contribution in [0.4, 0.5) is 10.5 Å². The molecule has 1 aliphatic heterocycles. The number of amides is 1. The fraction of sp³-hybridized carbons (Fsp3) is 0.611. The van der Waals surface area contributed by atoms with Crippen LogP contribution in [0.1, 0.15) is 33.3 Å². The summed E-state index contributed by atoms with van der Waals surface area (Å²) in [6.45, 7) is 9.04. The molecule has 25 heavy (non-hydrogen) atoms. The number of nitrogens with zero attached hydrogens (tertiary/aromatic N) is 2. The molecule has 1 fully saturated rings. The van der Waals surface area contributed by atoms with Crippen molar-refractivity contribution in [1.82, 2.24) is 10.4 Å². The van der Waals surface area contributed by atoms with Crippen LogP contribution in [-0.4, -0.2) is 54.5 Å². The lowest BCUT2D eigenvalue weighted by Gasteiger charge is -2.45. The van der Waals surface area contributed by atoms with Gasteiger partial charge in [0.25, 0.3) is 0 Å². The van der Waals surface area contributed by atoms with Crippen molar-refractivity contribution in [2.24, 2.45) is 5.73 Å². The second kappa shape index (κ2) is 7.19. The Balaban J connectivity index is 1.92. The van der Waals surface area contributed by atoms with Gasteiger partial charge in [-0.1, -0.05) is 12.1 Å². The number of ether oxygens (including phenoxy) is 1. The van der Waals surface area contributed by atoms with Gasteiger partial charge in [-0.2, -0.15) is 0 Å². The molecule has 2 rings (SSSR count). The smallest absolute Gasteiger partial charge is 0.410 e. The fourth-order valence-electron chi connectivity index (χ4n) is 2.73. The first-order valence-electron chi connectivity index (χ1n) is 8.50. The van der Waals surface area contributed by atoms with Crippen molar-refractivity contribution in [2.75, 3.05) is 31.6 Å². The van der Waals surface area contributed by atoms with E-state index >= 15 is 0 Å². The minimum Gasteiger partial charge on any atom is -0.444 e. The van der Waals surface area contributed by atoms with Crippen LogP contribution in [0.2, 0.25) is 0 Å². The first kappa shape index (κ1) is 19.5. The van der Waals surface area contributed by atoms with Crippen LogP contribution in [-0.2, 0) is 10.3 Å². The Kier molecular flexibility index (Phi) is 5.61. The molecule has 4 N–H and O–H groups in total. The van der Waals surface area contributed by atoms with Crippen molar-refractivity contribution in [1.29, 1.82) is 0 Å². The number of nitrogens with one attached hydrogen (secondary N) is 1. The van der Waals surface area contributed by atoms with E-state index in [1.54, 1.807) is 4.90 Å². The largest absolute Gasteiger partial charge is 0.444 e. The Morgan fingerprint density at radius 1 is 1.32 bits per heavy atom. The summed E-state index contributed by atoms with van der Waals surface area (Å²) in [5.41, 5.74) is 9.19. The SMILES string of the molecule is CN(c1ccc(C(C)(N)CNO)cc1)C1CN(C(=O)OC(C)(C)C)C1. The molecule has 1 saturated heterocycles. The zero-order chi connectivity index (χ0) is 18.8. The third kappa shape index (κ3) is 4.84. The molecule has 1 heterocycles. The molecule has 1 aromatic rings. The van der Waals surface area contributed by atoms with E-state index in [2.05, 4.69) is 10.4 Å². The number of carbonyl (C=O) groups is 1. The molecule has 1 unspecified atom stereocenters. The monoisotopic (exact) mass is 350 g/mol. The number of carbonyl (C=O) groups excluding carboxylic acids is 1. The first-order chi connectivity index (χ1) is 11.5. The minimum atomic E-state index is -0.643. The Morgan fingerprint density at radius 2 is 1.88 bits per heavy atom. The lowest BCUT2D eigenvalue weighted by atomic mass is 9.93. The minimum absolute atomic E-state index is 0.261. The van der Waals surface area contributed by atoms with E-state index in [4.69, 9.17) is 15.7 Å². The Labute approximate surface area is 149 Å². The molecule has 0 saturated carbocycles. The normalized spacial score (nSPS) is 17.6. The highest BCUT2D eigenvalue weighted by atomic mass is 16.6. The average molecular weight is 350 g/mol. The van der Waals surface area contributed by atoms with Crippen molar-refractivity contribution < 1.29 is 14.7 Å². The number of hydroxylamine groups is 1. The van der Waals surface area contributed by atoms with Gasteiger partial charge in [-0.25, -0.2) is 10.3 Å². The van der Waals surface area contributed by atoms with Gasteiger partial charge < -0.3 is 25.5 Å². The molecule has 1 aliphatic rings. The maximum Gasteiger partial charge on any atom is 0.410 e. The molecule has 0 bridgehead atoms. The van der Waals surface area contributed by atoms with Crippen LogP contribution in [0.3, 0.4) is 0 Å². The van der Waals surface area contributed by atoms with Gasteiger partial charge in [0.15, 0.2) is 0 Å². The maximum absolute atomic E-state index is 12.0. The van der Waals surface area contributed by atoms with E-state index in [1.165, 1.54) is 0 Å². The zero-order valence-corrected chi connectivity index (χ0v) is 15.7. The van der Waals surface area contributed by atoms with Gasteiger partial charge in [0.2, 0.25) is 0 Å². The second-order valence-corrected chi connectivity index (χ2v) is 7.95. The summed E-state index contributed by atoms with van der Waals surface area (Å²) in [4.78, 5) is 15.9. The van der Waals surface area contributed by atoms with E-state index in [-0.39, 0.29) is 18.7 Å². The van der Waals surface area contributed by atoms with Crippen LogP contribution < -0.4 is 16.1 Å². The highest BCUT2D eigenvalue weighted by molar-refractivity contribution is 5.70. The molecule has 7 heteroatoms. The van der Waals surface area contributed by atoms with E-state index in [9.17, 15) is 4.79 Å². The Hall–Kier alpha value is -1.83. The summed E-state index contributed by atoms with van der Waals surface area (Å²) in [5, 5.41) is 8.88. The fourth-order valence-corrected chi connectivity index (χ4v) is 2.73. The topological polar surface area (TPSA) is 91.1 Å². The van der Waals surface area contributed by atoms with Gasteiger partial charge in [0.1, 0.15) is 5.60 Å². The quantitative estimate of drug-likeness (QED) is 0.703. The summed E-state index contributed by atoms with van der Waals surface area (Å²) in [5.74, 6) is 0. The summed E-state index contributed by atoms with van der Waals surface area (Å²) in [6, 6.07) is 8.21. The Morgan fingerprint density at radius 3 is 2.36 bits per heavy atom. The van der Waals surface area contributed by atoms with Gasteiger partial charge in [-0.15, -0.1) is 0 Å². The summed E-state index contributed by atoms with van der Waals surface area (Å²) in [7, 11) is 2.02. The lowest BCUT2D eigenvalue weighted by molar-refractivity contribution is 0.00851. The zero-order valence-electron chi connectivity index (χ0n) is 15.7. The van der Waals surface area contributed by atoms with Crippen molar-refractivity contribution >= 4 is 11.8 Å². The van der Waals surface area contributed by atoms with Gasteiger partial charge in [-0.05, 0) is 45.4 Å². The van der Waals surface area contributed by atoms with Gasteiger partial charge in [-0.3, -0.25) is 0 Å². The number of likely N-dealkylation sites (tertiary alicyclic amines) is 1. The predicted octanol–water partition coefficient (Wildman–Crippen LogP) is 1.89. The number of rotatable bonds is 5. The van der Waals surface area contributed by atoms with Gasteiger partial charge >= 0.3 is 6.09 Å². The molecule has 1 amide bonds. The van der Waals surface area contributed by atoms with Crippen LogP contribution in [0.5, 0.6) is 0 Å². The van der Waals surface area contributed by atoms with Crippen molar-refractivity contribution in [2.45, 2.75) is 44.9 Å². The standard InChI is InChI=1S/C18H30N4O3/c1-17(2,3)25-16(23)22-10-15(11-22)21(5)14-8-6-13(7-9-14)18(4,19)12-20-24/h6-9,15,20,24H,10-12,19H2,1-5H3. The van der Waals surface area contributed by atoms with E-state index in [0.29, 0.717) is 13.1 Å². The molecular weight excluding hydrogens is 320 g/mol. The molecule has 140 valence electrons. The highest BCUT2D eigenvalue weighted by Crippen LogP contribution is 2.25. The van der Waals surface area contributed by atoms with Crippen LogP contribution in [0, 0.1) is 0 Å². The van der Waals surface area contributed by atoms with E-state index in [0.717, 1.165) is 11.3 Å². The Bertz CT molecular complexity index is 589. The summed E-state index contributed by atoms with van der Waals surface area (Å²) >= 11 is 0. The predicted molar refractivity (Wildman–Crippen MR) is 97.8 cm³/mol. The summed E-state index contributed by atoms with van der Waals surface area (Å²) < 4.78 is 5.38. The highest BCUT2D eigenvalue weighted by Gasteiger charge is 2.36. The van der Waals surface area contributed by atoms with Crippen molar-refractivity contribution in [3.05, 3.63) is 29.8 Å². The van der Waals surface area contributed by atoms with Gasteiger partial charge in [0.05, 0.1) is 11.6 Å². The van der Waals surface area contributed by atoms with Crippen molar-refractivity contribution in [3.8, 4) is 0 Å². The van der Waals surface area contributed by atoms with Crippen LogP contribution >= 0.6 is 0 Å². The maximum atomic E-state index is 12.0. The number of anilines is 1. The molecule has 0 aromatic heterocycles. The number of hydrogen-bond acceptors (Lipinski definition) is 6. The molecular formula is C18H30N4O3. The number of likely N-dealkylation sites (N-methyl/N-ethyl adjacent to an activating group) is 1. The molecule has 0 aliphatic carbocycles. The molecule has 1 aromatic carbocycles. The van der Waals surface area contributed by atoms with E-state index in [1.807, 2.05) is 59.0 Å². The molecule has 1 atom stereocenters. The van der Waals surface area contributed by atoms with E-state index < -0.39 is 11.1 Å². The molecule has 0 spiro atoms. The van der Waals surface area contributed by atoms with Crippen molar-refractivity contribution in [3.63, 3.8) is 0 Å². The lowest BCUT2D eigenvalue weighted by Crippen LogP contribution is -2.61.